The molecule has 2 heterocycles. The van der Waals surface area contributed by atoms with Gasteiger partial charge in [-0.2, -0.15) is 0 Å². The minimum Gasteiger partial charge on any atom is -0.504 e. The van der Waals surface area contributed by atoms with Crippen LogP contribution >= 0.6 is 11.8 Å². The number of hydrogen-bond donors (Lipinski definition) is 3. The highest BCUT2D eigenvalue weighted by atomic mass is 32.2. The second kappa shape index (κ2) is 11.8. The first-order valence-corrected chi connectivity index (χ1v) is 9.49. The van der Waals surface area contributed by atoms with Gasteiger partial charge in [-0.25, -0.2) is 9.78 Å². The van der Waals surface area contributed by atoms with Crippen LogP contribution in [-0.2, 0) is 19.0 Å². The van der Waals surface area contributed by atoms with Gasteiger partial charge in [-0.1, -0.05) is 7.43 Å². The van der Waals surface area contributed by atoms with Gasteiger partial charge in [-0.3, -0.25) is 4.99 Å². The molecule has 0 unspecified atom stereocenters. The summed E-state index contributed by atoms with van der Waals surface area (Å²) < 4.78 is 15.6. The predicted molar refractivity (Wildman–Crippen MR) is 110 cm³/mol. The van der Waals surface area contributed by atoms with E-state index in [1.54, 1.807) is 26.3 Å². The molecule has 0 fully saturated rings. The van der Waals surface area contributed by atoms with Gasteiger partial charge in [0.25, 0.3) is 0 Å². The van der Waals surface area contributed by atoms with Crippen LogP contribution < -0.4 is 5.32 Å². The van der Waals surface area contributed by atoms with Gasteiger partial charge in [0.05, 0.1) is 38.7 Å². The third kappa shape index (κ3) is 6.62. The fraction of sp³-hybridized carbons (Fsp3) is 0.611. The lowest BCUT2D eigenvalue weighted by atomic mass is 10.1. The number of carbonyl (C=O) groups is 1. The quantitative estimate of drug-likeness (QED) is 0.439. The van der Waals surface area contributed by atoms with Crippen LogP contribution in [0.15, 0.2) is 17.3 Å². The number of aromatic nitrogens is 1. The van der Waals surface area contributed by atoms with Crippen molar-refractivity contribution in [2.45, 2.75) is 19.9 Å². The minimum absolute atomic E-state index is 0. The maximum Gasteiger partial charge on any atom is 0.332 e. The number of pyridine rings is 1. The number of aliphatic carboxylic acids is 1. The van der Waals surface area contributed by atoms with Gasteiger partial charge in [-0.05, 0) is 13.0 Å². The normalized spacial score (nSPS) is 18.4. The third-order valence-corrected chi connectivity index (χ3v) is 5.06. The molecule has 0 saturated carbocycles. The summed E-state index contributed by atoms with van der Waals surface area (Å²) in [4.78, 5) is 19.7. The number of hydrogen-bond acceptors (Lipinski definition) is 9. The molecule has 0 aromatic carbocycles. The molecule has 0 spiro atoms. The Labute approximate surface area is 169 Å². The topological polar surface area (TPSA) is 122 Å². The van der Waals surface area contributed by atoms with Crippen molar-refractivity contribution in [2.75, 3.05) is 57.8 Å². The van der Waals surface area contributed by atoms with E-state index < -0.39 is 11.5 Å². The molecule has 28 heavy (non-hydrogen) atoms. The van der Waals surface area contributed by atoms with E-state index in [2.05, 4.69) is 15.3 Å². The van der Waals surface area contributed by atoms with Crippen LogP contribution in [0.2, 0.25) is 0 Å². The lowest BCUT2D eigenvalue weighted by Gasteiger charge is -2.12. The Morgan fingerprint density at radius 2 is 1.96 bits per heavy atom. The van der Waals surface area contributed by atoms with E-state index in [4.69, 9.17) is 14.2 Å². The molecule has 1 atom stereocenters. The Kier molecular flexibility index (Phi) is 10.2. The lowest BCUT2D eigenvalue weighted by Crippen LogP contribution is -2.33. The van der Waals surface area contributed by atoms with Crippen molar-refractivity contribution in [2.24, 2.45) is 4.99 Å². The maximum absolute atomic E-state index is 11.3. The van der Waals surface area contributed by atoms with Gasteiger partial charge in [0.15, 0.2) is 11.3 Å². The van der Waals surface area contributed by atoms with E-state index in [-0.39, 0.29) is 18.9 Å². The van der Waals surface area contributed by atoms with E-state index in [9.17, 15) is 15.0 Å². The molecule has 2 rings (SSSR count). The summed E-state index contributed by atoms with van der Waals surface area (Å²) in [6.07, 6.45) is 1.54. The Balaban J connectivity index is 0.00000392. The molecule has 10 heteroatoms. The van der Waals surface area contributed by atoms with E-state index >= 15 is 0 Å². The van der Waals surface area contributed by atoms with Crippen LogP contribution in [0.25, 0.3) is 0 Å². The molecule has 0 bridgehead atoms. The first-order chi connectivity index (χ1) is 13.0. The lowest BCUT2D eigenvalue weighted by molar-refractivity contribution is -0.141. The molecule has 1 aliphatic rings. The van der Waals surface area contributed by atoms with E-state index in [1.807, 2.05) is 0 Å². The van der Waals surface area contributed by atoms with Crippen LogP contribution in [0.1, 0.15) is 20.0 Å². The summed E-state index contributed by atoms with van der Waals surface area (Å²) in [5, 5.41) is 23.2. The number of aromatic hydroxyl groups is 1. The number of anilines is 1. The number of carboxylic acids is 1. The molecule has 1 aromatic heterocycles. The Hall–Kier alpha value is -1.88. The first kappa shape index (κ1) is 24.2. The second-order valence-electron chi connectivity index (χ2n) is 5.98. The van der Waals surface area contributed by atoms with Crippen molar-refractivity contribution in [3.63, 3.8) is 0 Å². The van der Waals surface area contributed by atoms with Gasteiger partial charge in [0, 0.05) is 25.6 Å². The predicted octanol–water partition coefficient (Wildman–Crippen LogP) is 1.85. The molecular formula is C18H29N3O6S. The van der Waals surface area contributed by atoms with Gasteiger partial charge < -0.3 is 29.7 Å². The molecule has 0 aliphatic carbocycles. The largest absolute Gasteiger partial charge is 0.504 e. The van der Waals surface area contributed by atoms with Crippen molar-refractivity contribution in [1.82, 2.24) is 4.98 Å². The van der Waals surface area contributed by atoms with Crippen molar-refractivity contribution in [3.8, 4) is 5.75 Å². The Bertz CT molecular complexity index is 673. The number of methoxy groups -OCH3 is 1. The van der Waals surface area contributed by atoms with Gasteiger partial charge in [-0.15, -0.1) is 11.8 Å². The van der Waals surface area contributed by atoms with Crippen molar-refractivity contribution >= 4 is 28.5 Å². The standard InChI is InChI=1S/C17H25N3O6S.CH4/c1-17(16(22)23)11-27-15(20-17)13-14(21)12(3-4-19-13)18-5-6-25-9-10-26-8-7-24-2;/h3-4,21H,5-11H2,1-2H3,(H,18,19)(H,22,23);1H4/t17-;/m1./s1. The number of nitrogens with one attached hydrogen (secondary N) is 1. The third-order valence-electron chi connectivity index (χ3n) is 3.79. The molecule has 0 amide bonds. The van der Waals surface area contributed by atoms with Crippen LogP contribution in [0.3, 0.4) is 0 Å². The summed E-state index contributed by atoms with van der Waals surface area (Å²) in [5.74, 6) is -0.750. The highest BCUT2D eigenvalue weighted by Gasteiger charge is 2.39. The monoisotopic (exact) mass is 415 g/mol. The summed E-state index contributed by atoms with van der Waals surface area (Å²) in [6, 6.07) is 1.64. The van der Waals surface area contributed by atoms with Gasteiger partial charge >= 0.3 is 5.97 Å². The molecule has 158 valence electrons. The number of rotatable bonds is 12. The highest BCUT2D eigenvalue weighted by Crippen LogP contribution is 2.35. The summed E-state index contributed by atoms with van der Waals surface area (Å²) in [5.41, 5.74) is -0.425. The second-order valence-corrected chi connectivity index (χ2v) is 6.95. The Morgan fingerprint density at radius 1 is 1.29 bits per heavy atom. The minimum atomic E-state index is -1.20. The maximum atomic E-state index is 11.3. The van der Waals surface area contributed by atoms with E-state index in [1.165, 1.54) is 11.8 Å². The number of nitrogens with zero attached hydrogens (tertiary/aromatic N) is 2. The summed E-state index contributed by atoms with van der Waals surface area (Å²) in [7, 11) is 1.62. The van der Waals surface area contributed by atoms with Crippen LogP contribution in [0.5, 0.6) is 5.75 Å². The summed E-state index contributed by atoms with van der Waals surface area (Å²) in [6.45, 7) is 4.53. The van der Waals surface area contributed by atoms with Crippen molar-refractivity contribution in [3.05, 3.63) is 18.0 Å². The van der Waals surface area contributed by atoms with E-state index in [0.717, 1.165) is 0 Å². The zero-order valence-corrected chi connectivity index (χ0v) is 16.3. The van der Waals surface area contributed by atoms with Crippen molar-refractivity contribution < 1.29 is 29.2 Å². The van der Waals surface area contributed by atoms with Crippen LogP contribution in [0, 0.1) is 0 Å². The number of aliphatic imine (C=N–C) groups is 1. The highest BCUT2D eigenvalue weighted by molar-refractivity contribution is 8.14. The van der Waals surface area contributed by atoms with Crippen LogP contribution in [-0.4, -0.2) is 84.2 Å². The smallest absolute Gasteiger partial charge is 0.332 e. The Morgan fingerprint density at radius 3 is 2.61 bits per heavy atom. The molecule has 9 nitrogen and oxygen atoms in total. The molecule has 3 N–H and O–H groups in total. The number of thioether (sulfide) groups is 1. The summed E-state index contributed by atoms with van der Waals surface area (Å²) >= 11 is 1.27. The van der Waals surface area contributed by atoms with Crippen molar-refractivity contribution in [1.29, 1.82) is 0 Å². The molecular weight excluding hydrogens is 386 g/mol. The fourth-order valence-corrected chi connectivity index (χ4v) is 3.36. The fourth-order valence-electron chi connectivity index (χ4n) is 2.20. The molecule has 0 radical (unpaired) electrons. The molecule has 1 aromatic rings. The van der Waals surface area contributed by atoms with Gasteiger partial charge in [0.1, 0.15) is 10.7 Å². The van der Waals surface area contributed by atoms with E-state index in [0.29, 0.717) is 56.1 Å². The first-order valence-electron chi connectivity index (χ1n) is 8.50. The SMILES string of the molecule is C.COCCOCCOCCNc1ccnc(C2=N[C@@](C)(C(=O)O)CS2)c1O. The number of carboxylic acid groups (broad SMARTS) is 1. The zero-order valence-electron chi connectivity index (χ0n) is 15.4. The van der Waals surface area contributed by atoms with Gasteiger partial charge in [0.2, 0.25) is 0 Å². The molecule has 1 aliphatic heterocycles. The zero-order chi connectivity index (χ0) is 19.7. The average molecular weight is 416 g/mol. The molecule has 0 saturated heterocycles. The number of ether oxygens (including phenoxy) is 3. The average Bonchev–Trinajstić information content (AvgIpc) is 3.05. The van der Waals surface area contributed by atoms with Crippen LogP contribution in [0.4, 0.5) is 5.69 Å².